The van der Waals surface area contributed by atoms with Gasteiger partial charge in [0.25, 0.3) is 0 Å². The minimum Gasteiger partial charge on any atom is -0.486 e. The number of benzene rings is 1. The third kappa shape index (κ3) is 1.31. The van der Waals surface area contributed by atoms with Crippen molar-refractivity contribution in [3.63, 3.8) is 0 Å². The Morgan fingerprint density at radius 3 is 2.69 bits per heavy atom. The summed E-state index contributed by atoms with van der Waals surface area (Å²) in [6, 6.07) is 6.38. The molecule has 0 bridgehead atoms. The van der Waals surface area contributed by atoms with Crippen LogP contribution in [0.3, 0.4) is 0 Å². The molecule has 1 spiro atoms. The van der Waals surface area contributed by atoms with Gasteiger partial charge in [0.05, 0.1) is 0 Å². The van der Waals surface area contributed by atoms with Crippen LogP contribution >= 0.6 is 0 Å². The Kier molecular flexibility index (Phi) is 1.81. The van der Waals surface area contributed by atoms with Crippen molar-refractivity contribution in [3.8, 4) is 5.75 Å². The van der Waals surface area contributed by atoms with Crippen molar-refractivity contribution < 1.29 is 4.74 Å². The zero-order valence-corrected chi connectivity index (χ0v) is 10.0. The van der Waals surface area contributed by atoms with Gasteiger partial charge >= 0.3 is 0 Å². The van der Waals surface area contributed by atoms with Crippen molar-refractivity contribution >= 4 is 6.08 Å². The molecule has 1 aliphatic carbocycles. The summed E-state index contributed by atoms with van der Waals surface area (Å²) in [6.07, 6.45) is 5.46. The van der Waals surface area contributed by atoms with Crippen molar-refractivity contribution in [1.82, 2.24) is 0 Å². The average molecular weight is 214 g/mol. The van der Waals surface area contributed by atoms with Gasteiger partial charge in [-0.1, -0.05) is 44.7 Å². The van der Waals surface area contributed by atoms with Crippen LogP contribution in [0, 0.1) is 0 Å². The lowest BCUT2D eigenvalue weighted by molar-refractivity contribution is 0.112. The summed E-state index contributed by atoms with van der Waals surface area (Å²) in [5.74, 6) is 1.08. The van der Waals surface area contributed by atoms with E-state index in [1.807, 2.05) is 6.08 Å². The Balaban J connectivity index is 2.18. The monoisotopic (exact) mass is 214 g/mol. The Morgan fingerprint density at radius 1 is 1.31 bits per heavy atom. The minimum absolute atomic E-state index is 0.148. The van der Waals surface area contributed by atoms with Crippen LogP contribution in [0.4, 0.5) is 0 Å². The highest BCUT2D eigenvalue weighted by atomic mass is 16.5. The van der Waals surface area contributed by atoms with E-state index < -0.39 is 0 Å². The number of hydrogen-bond donors (Lipinski definition) is 0. The molecule has 1 saturated carbocycles. The van der Waals surface area contributed by atoms with E-state index in [-0.39, 0.29) is 11.0 Å². The van der Waals surface area contributed by atoms with Crippen LogP contribution in [0.2, 0.25) is 0 Å². The van der Waals surface area contributed by atoms with E-state index in [9.17, 15) is 0 Å². The standard InChI is InChI=1S/C15H18O/c1-4-11-6-5-7-12-13(11)16-15(8-9-15)10-14(12,2)3/h4-7H,1,8-10H2,2-3H3. The summed E-state index contributed by atoms with van der Waals surface area (Å²) in [5, 5.41) is 0. The van der Waals surface area contributed by atoms with E-state index in [1.165, 1.54) is 18.4 Å². The molecule has 0 radical (unpaired) electrons. The third-order valence-corrected chi connectivity index (χ3v) is 3.88. The summed E-state index contributed by atoms with van der Waals surface area (Å²) in [6.45, 7) is 8.52. The molecule has 0 unspecified atom stereocenters. The molecule has 0 saturated heterocycles. The highest BCUT2D eigenvalue weighted by Gasteiger charge is 2.53. The van der Waals surface area contributed by atoms with Crippen LogP contribution in [0.25, 0.3) is 6.08 Å². The normalized spacial score (nSPS) is 23.4. The topological polar surface area (TPSA) is 9.23 Å². The molecular formula is C15H18O. The van der Waals surface area contributed by atoms with E-state index in [2.05, 4.69) is 38.6 Å². The molecule has 0 N–H and O–H groups in total. The van der Waals surface area contributed by atoms with Crippen LogP contribution in [-0.4, -0.2) is 5.60 Å². The minimum atomic E-state index is 0.148. The first-order valence-electron chi connectivity index (χ1n) is 6.01. The van der Waals surface area contributed by atoms with Crippen LogP contribution in [0.1, 0.15) is 44.2 Å². The molecule has 1 nitrogen and oxygen atoms in total. The maximum atomic E-state index is 6.22. The fourth-order valence-corrected chi connectivity index (χ4v) is 2.93. The molecule has 0 amide bonds. The quantitative estimate of drug-likeness (QED) is 0.688. The van der Waals surface area contributed by atoms with Gasteiger partial charge in [-0.25, -0.2) is 0 Å². The van der Waals surface area contributed by atoms with Crippen molar-refractivity contribution in [2.75, 3.05) is 0 Å². The number of hydrogen-bond acceptors (Lipinski definition) is 1. The van der Waals surface area contributed by atoms with Crippen LogP contribution in [0.15, 0.2) is 24.8 Å². The lowest BCUT2D eigenvalue weighted by atomic mass is 9.76. The summed E-state index contributed by atoms with van der Waals surface area (Å²) < 4.78 is 6.22. The van der Waals surface area contributed by atoms with Crippen molar-refractivity contribution in [2.45, 2.75) is 44.1 Å². The lowest BCUT2D eigenvalue weighted by Gasteiger charge is -2.38. The van der Waals surface area contributed by atoms with Crippen LogP contribution < -0.4 is 4.74 Å². The first kappa shape index (κ1) is 9.95. The Labute approximate surface area is 97.1 Å². The highest BCUT2D eigenvalue weighted by Crippen LogP contribution is 2.55. The summed E-state index contributed by atoms with van der Waals surface area (Å²) in [4.78, 5) is 0. The van der Waals surface area contributed by atoms with E-state index >= 15 is 0 Å². The van der Waals surface area contributed by atoms with E-state index in [1.54, 1.807) is 0 Å². The van der Waals surface area contributed by atoms with E-state index in [0.29, 0.717) is 0 Å². The lowest BCUT2D eigenvalue weighted by Crippen LogP contribution is -2.36. The van der Waals surface area contributed by atoms with E-state index in [0.717, 1.165) is 17.7 Å². The third-order valence-electron chi connectivity index (χ3n) is 3.88. The summed E-state index contributed by atoms with van der Waals surface area (Å²) in [7, 11) is 0. The smallest absolute Gasteiger partial charge is 0.131 e. The predicted octanol–water partition coefficient (Wildman–Crippen LogP) is 3.92. The fourth-order valence-electron chi connectivity index (χ4n) is 2.93. The van der Waals surface area contributed by atoms with Gasteiger partial charge in [0.2, 0.25) is 0 Å². The predicted molar refractivity (Wildman–Crippen MR) is 66.8 cm³/mol. The Morgan fingerprint density at radius 2 is 2.06 bits per heavy atom. The van der Waals surface area contributed by atoms with Gasteiger partial charge in [-0.05, 0) is 24.7 Å². The Hall–Kier alpha value is -1.24. The number of para-hydroxylation sites is 1. The maximum absolute atomic E-state index is 6.22. The summed E-state index contributed by atoms with van der Waals surface area (Å²) >= 11 is 0. The molecule has 1 aromatic carbocycles. The van der Waals surface area contributed by atoms with Crippen molar-refractivity contribution in [3.05, 3.63) is 35.9 Å². The van der Waals surface area contributed by atoms with Crippen LogP contribution in [0.5, 0.6) is 5.75 Å². The molecule has 1 aliphatic heterocycles. The number of ether oxygens (including phenoxy) is 1. The molecule has 0 aromatic heterocycles. The number of rotatable bonds is 1. The van der Waals surface area contributed by atoms with Gasteiger partial charge in [-0.3, -0.25) is 0 Å². The Bertz CT molecular complexity index is 453. The van der Waals surface area contributed by atoms with Crippen molar-refractivity contribution in [1.29, 1.82) is 0 Å². The van der Waals surface area contributed by atoms with Gasteiger partial charge in [0, 0.05) is 11.1 Å². The fraction of sp³-hybridized carbons (Fsp3) is 0.467. The zero-order valence-electron chi connectivity index (χ0n) is 10.0. The molecule has 3 rings (SSSR count). The molecule has 1 heterocycles. The van der Waals surface area contributed by atoms with Gasteiger partial charge in [-0.15, -0.1) is 0 Å². The molecular weight excluding hydrogens is 196 g/mol. The van der Waals surface area contributed by atoms with Gasteiger partial charge in [-0.2, -0.15) is 0 Å². The largest absolute Gasteiger partial charge is 0.486 e. The SMILES string of the molecule is C=Cc1cccc2c1OC1(CC1)CC2(C)C. The van der Waals surface area contributed by atoms with Crippen LogP contribution in [-0.2, 0) is 5.41 Å². The second-order valence-electron chi connectivity index (χ2n) is 5.77. The summed E-state index contributed by atoms with van der Waals surface area (Å²) in [5.41, 5.74) is 2.85. The molecule has 2 aliphatic rings. The second kappa shape index (κ2) is 2.91. The molecule has 0 atom stereocenters. The second-order valence-corrected chi connectivity index (χ2v) is 5.77. The van der Waals surface area contributed by atoms with Crippen molar-refractivity contribution in [2.24, 2.45) is 0 Å². The van der Waals surface area contributed by atoms with Gasteiger partial charge < -0.3 is 4.74 Å². The number of fused-ring (bicyclic) bond motifs is 1. The maximum Gasteiger partial charge on any atom is 0.131 e. The van der Waals surface area contributed by atoms with E-state index in [4.69, 9.17) is 4.74 Å². The first-order valence-corrected chi connectivity index (χ1v) is 6.01. The molecule has 1 aromatic rings. The molecule has 1 fully saturated rings. The average Bonchev–Trinajstić information content (AvgIpc) is 2.95. The molecule has 1 heteroatoms. The highest BCUT2D eigenvalue weighted by molar-refractivity contribution is 5.61. The molecule has 16 heavy (non-hydrogen) atoms. The first-order chi connectivity index (χ1) is 7.56. The van der Waals surface area contributed by atoms with Gasteiger partial charge in [0.1, 0.15) is 11.4 Å². The molecule has 84 valence electrons. The van der Waals surface area contributed by atoms with Gasteiger partial charge in [0.15, 0.2) is 0 Å². The zero-order chi connectivity index (χ0) is 11.4.